The van der Waals surface area contributed by atoms with Crippen LogP contribution < -0.4 is 15.5 Å². The first-order chi connectivity index (χ1) is 14.1. The molecular formula is C21H21ClF2N4O. The molecule has 1 aliphatic rings. The number of nitrogens with zero attached hydrogens (tertiary/aromatic N) is 2. The van der Waals surface area contributed by atoms with Crippen molar-refractivity contribution in [3.05, 3.63) is 52.7 Å². The maximum atomic E-state index is 15.6. The van der Waals surface area contributed by atoms with Crippen molar-refractivity contribution in [1.29, 1.82) is 0 Å². The van der Waals surface area contributed by atoms with Crippen molar-refractivity contribution in [2.45, 2.75) is 6.61 Å². The average Bonchev–Trinajstić information content (AvgIpc) is 2.74. The summed E-state index contributed by atoms with van der Waals surface area (Å²) < 4.78 is 30.2. The number of pyridine rings is 1. The third kappa shape index (κ3) is 3.39. The van der Waals surface area contributed by atoms with Crippen LogP contribution in [0.1, 0.15) is 5.56 Å². The number of nitrogens with one attached hydrogen (secondary N) is 2. The van der Waals surface area contributed by atoms with Gasteiger partial charge in [-0.2, -0.15) is 0 Å². The second-order valence-corrected chi connectivity index (χ2v) is 7.29. The first-order valence-electron chi connectivity index (χ1n) is 9.39. The van der Waals surface area contributed by atoms with E-state index in [-0.39, 0.29) is 27.2 Å². The Kier molecular flexibility index (Phi) is 5.54. The van der Waals surface area contributed by atoms with Crippen LogP contribution in [0.15, 0.2) is 30.5 Å². The Morgan fingerprint density at radius 1 is 1.24 bits per heavy atom. The second-order valence-electron chi connectivity index (χ2n) is 6.88. The van der Waals surface area contributed by atoms with Crippen molar-refractivity contribution in [1.82, 2.24) is 10.3 Å². The Labute approximate surface area is 172 Å². The summed E-state index contributed by atoms with van der Waals surface area (Å²) >= 11 is 6.48. The quantitative estimate of drug-likeness (QED) is 0.602. The number of hydrogen-bond acceptors (Lipinski definition) is 5. The normalized spacial score (nSPS) is 14.4. The molecule has 8 heteroatoms. The number of aliphatic hydroxyl groups is 1. The molecule has 0 saturated carbocycles. The summed E-state index contributed by atoms with van der Waals surface area (Å²) in [6.45, 7) is 2.72. The van der Waals surface area contributed by atoms with E-state index in [1.54, 1.807) is 25.4 Å². The number of aliphatic hydroxyl groups excluding tert-OH is 1. The van der Waals surface area contributed by atoms with E-state index in [0.29, 0.717) is 5.39 Å². The van der Waals surface area contributed by atoms with E-state index in [2.05, 4.69) is 20.5 Å². The first kappa shape index (κ1) is 19.8. The average molecular weight is 419 g/mol. The van der Waals surface area contributed by atoms with Crippen molar-refractivity contribution in [2.24, 2.45) is 0 Å². The summed E-state index contributed by atoms with van der Waals surface area (Å²) in [5, 5.41) is 16.7. The molecule has 1 aromatic heterocycles. The topological polar surface area (TPSA) is 60.4 Å². The molecule has 0 unspecified atom stereocenters. The maximum absolute atomic E-state index is 15.6. The Bertz CT molecular complexity index is 1070. The van der Waals surface area contributed by atoms with Gasteiger partial charge in [0.1, 0.15) is 11.3 Å². The molecule has 0 atom stereocenters. The van der Waals surface area contributed by atoms with Crippen molar-refractivity contribution in [3.8, 4) is 11.1 Å². The molecule has 5 nitrogen and oxygen atoms in total. The number of fused-ring (bicyclic) bond motifs is 1. The Morgan fingerprint density at radius 3 is 2.69 bits per heavy atom. The van der Waals surface area contributed by atoms with Crippen molar-refractivity contribution in [2.75, 3.05) is 43.4 Å². The minimum absolute atomic E-state index is 0.0392. The van der Waals surface area contributed by atoms with Gasteiger partial charge in [0.25, 0.3) is 0 Å². The molecule has 0 radical (unpaired) electrons. The number of hydrogen-bond donors (Lipinski definition) is 3. The number of halogens is 3. The van der Waals surface area contributed by atoms with E-state index in [1.807, 2.05) is 0 Å². The van der Waals surface area contributed by atoms with Crippen LogP contribution in [0.3, 0.4) is 0 Å². The van der Waals surface area contributed by atoms with Gasteiger partial charge in [0, 0.05) is 49.7 Å². The van der Waals surface area contributed by atoms with Crippen molar-refractivity contribution < 1.29 is 13.9 Å². The van der Waals surface area contributed by atoms with Gasteiger partial charge in [0.2, 0.25) is 0 Å². The standard InChI is InChI=1S/C21H21ClF2N4O/c1-25-16-10-27-20-13(21(16)28-7-5-26-6-8-28)9-14(22)18(19(20)24)17-12(11-29)3-2-4-15(17)23/h2-4,9-10,25-26,29H,5-8,11H2,1H3. The summed E-state index contributed by atoms with van der Waals surface area (Å²) in [5.41, 5.74) is 1.84. The van der Waals surface area contributed by atoms with Gasteiger partial charge in [0.05, 0.1) is 29.2 Å². The summed E-state index contributed by atoms with van der Waals surface area (Å²) in [6.07, 6.45) is 1.58. The van der Waals surface area contributed by atoms with Crippen LogP contribution in [-0.2, 0) is 6.61 Å². The fourth-order valence-electron chi connectivity index (χ4n) is 3.87. The molecule has 0 spiro atoms. The molecule has 4 rings (SSSR count). The molecule has 1 saturated heterocycles. The highest BCUT2D eigenvalue weighted by Crippen LogP contribution is 2.42. The SMILES string of the molecule is CNc1cnc2c(F)c(-c3c(F)cccc3CO)c(Cl)cc2c1N1CCNCC1. The van der Waals surface area contributed by atoms with Gasteiger partial charge >= 0.3 is 0 Å². The van der Waals surface area contributed by atoms with Gasteiger partial charge < -0.3 is 20.6 Å². The smallest absolute Gasteiger partial charge is 0.158 e. The van der Waals surface area contributed by atoms with Gasteiger partial charge in [-0.1, -0.05) is 23.7 Å². The number of anilines is 2. The van der Waals surface area contributed by atoms with Gasteiger partial charge in [-0.15, -0.1) is 0 Å². The van der Waals surface area contributed by atoms with Crippen LogP contribution in [-0.4, -0.2) is 43.3 Å². The maximum Gasteiger partial charge on any atom is 0.158 e. The molecule has 3 N–H and O–H groups in total. The second kappa shape index (κ2) is 8.10. The van der Waals surface area contributed by atoms with E-state index >= 15 is 4.39 Å². The zero-order chi connectivity index (χ0) is 20.5. The molecule has 29 heavy (non-hydrogen) atoms. The third-order valence-electron chi connectivity index (χ3n) is 5.25. The number of rotatable bonds is 4. The highest BCUT2D eigenvalue weighted by Gasteiger charge is 2.25. The fraction of sp³-hybridized carbons (Fsp3) is 0.286. The lowest BCUT2D eigenvalue weighted by molar-refractivity contribution is 0.282. The number of piperazine rings is 1. The molecule has 1 fully saturated rings. The Morgan fingerprint density at radius 2 is 2.00 bits per heavy atom. The Hall–Kier alpha value is -2.48. The molecule has 152 valence electrons. The van der Waals surface area contributed by atoms with Crippen LogP contribution in [0.4, 0.5) is 20.2 Å². The predicted octanol–water partition coefficient (Wildman–Crippen LogP) is 3.78. The van der Waals surface area contributed by atoms with Gasteiger partial charge in [0.15, 0.2) is 5.82 Å². The predicted molar refractivity (Wildman–Crippen MR) is 113 cm³/mol. The van der Waals surface area contributed by atoms with Crippen LogP contribution in [0, 0.1) is 11.6 Å². The van der Waals surface area contributed by atoms with E-state index in [9.17, 15) is 9.50 Å². The third-order valence-corrected chi connectivity index (χ3v) is 5.55. The van der Waals surface area contributed by atoms with Crippen LogP contribution >= 0.6 is 11.6 Å². The molecule has 0 bridgehead atoms. The van der Waals surface area contributed by atoms with Gasteiger partial charge in [-0.25, -0.2) is 8.78 Å². The zero-order valence-corrected chi connectivity index (χ0v) is 16.7. The lowest BCUT2D eigenvalue weighted by Crippen LogP contribution is -2.43. The summed E-state index contributed by atoms with van der Waals surface area (Å²) in [6, 6.07) is 5.87. The molecule has 2 heterocycles. The molecule has 0 aliphatic carbocycles. The van der Waals surface area contributed by atoms with Gasteiger partial charge in [-0.3, -0.25) is 4.98 Å². The molecule has 2 aromatic carbocycles. The largest absolute Gasteiger partial charge is 0.392 e. The molecule has 1 aliphatic heterocycles. The minimum Gasteiger partial charge on any atom is -0.392 e. The van der Waals surface area contributed by atoms with Crippen LogP contribution in [0.2, 0.25) is 5.02 Å². The highest BCUT2D eigenvalue weighted by molar-refractivity contribution is 6.34. The molecule has 3 aromatic rings. The minimum atomic E-state index is -0.702. The van der Waals surface area contributed by atoms with E-state index in [1.165, 1.54) is 12.1 Å². The number of benzene rings is 2. The van der Waals surface area contributed by atoms with Crippen molar-refractivity contribution >= 4 is 33.9 Å². The molecule has 0 amide bonds. The lowest BCUT2D eigenvalue weighted by atomic mass is 9.96. The monoisotopic (exact) mass is 418 g/mol. The summed E-state index contributed by atoms with van der Waals surface area (Å²) in [5.74, 6) is -1.35. The van der Waals surface area contributed by atoms with Gasteiger partial charge in [-0.05, 0) is 17.7 Å². The Balaban J connectivity index is 2.00. The first-order valence-corrected chi connectivity index (χ1v) is 9.77. The van der Waals surface area contributed by atoms with E-state index in [4.69, 9.17) is 11.6 Å². The zero-order valence-electron chi connectivity index (χ0n) is 15.9. The van der Waals surface area contributed by atoms with Crippen molar-refractivity contribution in [3.63, 3.8) is 0 Å². The summed E-state index contributed by atoms with van der Waals surface area (Å²) in [7, 11) is 1.79. The van der Waals surface area contributed by atoms with Crippen LogP contribution in [0.25, 0.3) is 22.0 Å². The van der Waals surface area contributed by atoms with Crippen LogP contribution in [0.5, 0.6) is 0 Å². The summed E-state index contributed by atoms with van der Waals surface area (Å²) in [4.78, 5) is 6.45. The number of aromatic nitrogens is 1. The van der Waals surface area contributed by atoms with E-state index in [0.717, 1.165) is 37.6 Å². The highest BCUT2D eigenvalue weighted by atomic mass is 35.5. The van der Waals surface area contributed by atoms with E-state index < -0.39 is 18.2 Å². The fourth-order valence-corrected chi connectivity index (χ4v) is 4.16. The molecular weight excluding hydrogens is 398 g/mol. The lowest BCUT2D eigenvalue weighted by Gasteiger charge is -2.32.